The summed E-state index contributed by atoms with van der Waals surface area (Å²) in [6.45, 7) is 4.94. The number of carbonyl (C=O) groups is 1. The van der Waals surface area contributed by atoms with E-state index in [9.17, 15) is 4.79 Å². The summed E-state index contributed by atoms with van der Waals surface area (Å²) < 4.78 is 8.59. The molecule has 0 amide bonds. The molecular formula is C7H11O3. The quantitative estimate of drug-likeness (QED) is 0.438. The maximum absolute atomic E-state index is 10.7. The van der Waals surface area contributed by atoms with Crippen LogP contribution in [0.4, 0.5) is 0 Å². The SMILES string of the molecule is [C]OC(C)OC(=O)C(C)C. The predicted molar refractivity (Wildman–Crippen MR) is 34.7 cm³/mol. The van der Waals surface area contributed by atoms with Gasteiger partial charge in [-0.05, 0) is 6.92 Å². The largest absolute Gasteiger partial charge is 0.436 e. The Morgan fingerprint density at radius 2 is 1.90 bits per heavy atom. The molecular weight excluding hydrogens is 132 g/mol. The molecule has 0 bridgehead atoms. The highest BCUT2D eigenvalue weighted by molar-refractivity contribution is 5.71. The Morgan fingerprint density at radius 3 is 2.20 bits per heavy atom. The Bertz CT molecular complexity index is 109. The fourth-order valence-electron chi connectivity index (χ4n) is 0.324. The van der Waals surface area contributed by atoms with Crippen LogP contribution in [-0.2, 0) is 14.3 Å². The van der Waals surface area contributed by atoms with E-state index in [0.29, 0.717) is 0 Å². The molecule has 1 atom stereocenters. The molecule has 0 aliphatic heterocycles. The second-order valence-corrected chi connectivity index (χ2v) is 2.28. The van der Waals surface area contributed by atoms with E-state index in [1.807, 2.05) is 0 Å². The van der Waals surface area contributed by atoms with Gasteiger partial charge in [0, 0.05) is 0 Å². The van der Waals surface area contributed by atoms with Crippen LogP contribution < -0.4 is 0 Å². The molecule has 0 spiro atoms. The number of carbonyl (C=O) groups excluding carboxylic acids is 1. The molecule has 0 saturated carbocycles. The monoisotopic (exact) mass is 143 g/mol. The topological polar surface area (TPSA) is 35.5 Å². The molecule has 3 radical (unpaired) electrons. The Balaban J connectivity index is 3.57. The van der Waals surface area contributed by atoms with Crippen molar-refractivity contribution < 1.29 is 14.3 Å². The zero-order chi connectivity index (χ0) is 8.15. The number of esters is 1. The standard InChI is InChI=1S/C7H11O3/c1-5(2)7(8)10-6(3)9-4/h5-6H,1-3H3. The van der Waals surface area contributed by atoms with Gasteiger partial charge in [0.2, 0.25) is 6.29 Å². The van der Waals surface area contributed by atoms with Gasteiger partial charge in [-0.1, -0.05) is 13.8 Å². The van der Waals surface area contributed by atoms with Gasteiger partial charge in [0.15, 0.2) is 7.11 Å². The third-order valence-corrected chi connectivity index (χ3v) is 0.919. The van der Waals surface area contributed by atoms with E-state index >= 15 is 0 Å². The van der Waals surface area contributed by atoms with Crippen molar-refractivity contribution in [3.8, 4) is 0 Å². The summed E-state index contributed by atoms with van der Waals surface area (Å²) in [7, 11) is 6.37. The lowest BCUT2D eigenvalue weighted by atomic mass is 10.2. The minimum atomic E-state index is -0.769. The van der Waals surface area contributed by atoms with Crippen LogP contribution in [0.25, 0.3) is 0 Å². The maximum atomic E-state index is 10.7. The first-order valence-corrected chi connectivity index (χ1v) is 3.10. The fraction of sp³-hybridized carbons (Fsp3) is 0.714. The first kappa shape index (κ1) is 9.43. The summed E-state index contributed by atoms with van der Waals surface area (Å²) in [5.41, 5.74) is 0. The molecule has 3 heteroatoms. The van der Waals surface area contributed by atoms with Gasteiger partial charge in [0.25, 0.3) is 0 Å². The van der Waals surface area contributed by atoms with Crippen molar-refractivity contribution >= 4 is 5.97 Å². The molecule has 10 heavy (non-hydrogen) atoms. The van der Waals surface area contributed by atoms with Crippen LogP contribution in [0.5, 0.6) is 0 Å². The summed E-state index contributed by atoms with van der Waals surface area (Å²) in [6.07, 6.45) is -0.769. The highest BCUT2D eigenvalue weighted by atomic mass is 16.7. The van der Waals surface area contributed by atoms with Crippen molar-refractivity contribution in [2.45, 2.75) is 27.1 Å². The van der Waals surface area contributed by atoms with E-state index in [-0.39, 0.29) is 11.9 Å². The van der Waals surface area contributed by atoms with Crippen LogP contribution >= 0.6 is 0 Å². The molecule has 3 nitrogen and oxygen atoms in total. The summed E-state index contributed by atoms with van der Waals surface area (Å²) in [4.78, 5) is 10.7. The summed E-state index contributed by atoms with van der Waals surface area (Å²) in [5, 5.41) is 0. The lowest BCUT2D eigenvalue weighted by Gasteiger charge is -2.11. The van der Waals surface area contributed by atoms with Crippen molar-refractivity contribution in [3.05, 3.63) is 7.11 Å². The molecule has 0 aromatic carbocycles. The Hall–Kier alpha value is -0.570. The van der Waals surface area contributed by atoms with Gasteiger partial charge >= 0.3 is 5.97 Å². The van der Waals surface area contributed by atoms with Gasteiger partial charge < -0.3 is 9.47 Å². The van der Waals surface area contributed by atoms with E-state index in [1.54, 1.807) is 13.8 Å². The van der Waals surface area contributed by atoms with Crippen LogP contribution in [0.3, 0.4) is 0 Å². The van der Waals surface area contributed by atoms with Crippen LogP contribution in [0, 0.1) is 13.0 Å². The molecule has 0 aliphatic rings. The normalized spacial score (nSPS) is 13.3. The van der Waals surface area contributed by atoms with Gasteiger partial charge in [0.1, 0.15) is 0 Å². The predicted octanol–water partition coefficient (Wildman–Crippen LogP) is 1.09. The van der Waals surface area contributed by atoms with Gasteiger partial charge in [-0.25, -0.2) is 0 Å². The van der Waals surface area contributed by atoms with Crippen molar-refractivity contribution in [3.63, 3.8) is 0 Å². The highest BCUT2D eigenvalue weighted by Crippen LogP contribution is 2.00. The summed E-state index contributed by atoms with van der Waals surface area (Å²) in [6, 6.07) is 0. The third kappa shape index (κ3) is 3.45. The second-order valence-electron chi connectivity index (χ2n) is 2.28. The zero-order valence-corrected chi connectivity index (χ0v) is 6.38. The van der Waals surface area contributed by atoms with Gasteiger partial charge in [-0.3, -0.25) is 4.79 Å². The first-order valence-electron chi connectivity index (χ1n) is 3.10. The molecule has 0 saturated heterocycles. The van der Waals surface area contributed by atoms with Crippen molar-refractivity contribution in [1.29, 1.82) is 0 Å². The molecule has 1 unspecified atom stereocenters. The Labute approximate surface area is 61.3 Å². The fourth-order valence-corrected chi connectivity index (χ4v) is 0.324. The van der Waals surface area contributed by atoms with Crippen molar-refractivity contribution in [2.24, 2.45) is 5.92 Å². The zero-order valence-electron chi connectivity index (χ0n) is 6.38. The molecule has 57 valence electrons. The summed E-state index contributed by atoms with van der Waals surface area (Å²) >= 11 is 0. The van der Waals surface area contributed by atoms with Gasteiger partial charge in [-0.15, -0.1) is 0 Å². The molecule has 0 aliphatic carbocycles. The van der Waals surface area contributed by atoms with E-state index in [4.69, 9.17) is 7.11 Å². The number of hydrogen-bond donors (Lipinski definition) is 0. The Kier molecular flexibility index (Phi) is 4.03. The van der Waals surface area contributed by atoms with Crippen molar-refractivity contribution in [2.75, 3.05) is 0 Å². The van der Waals surface area contributed by atoms with Gasteiger partial charge in [-0.2, -0.15) is 0 Å². The average molecular weight is 143 g/mol. The van der Waals surface area contributed by atoms with Crippen LogP contribution in [0.2, 0.25) is 0 Å². The van der Waals surface area contributed by atoms with Gasteiger partial charge in [0.05, 0.1) is 5.92 Å². The van der Waals surface area contributed by atoms with E-state index in [1.165, 1.54) is 6.92 Å². The lowest BCUT2D eigenvalue weighted by molar-refractivity contribution is -0.170. The third-order valence-electron chi connectivity index (χ3n) is 0.919. The van der Waals surface area contributed by atoms with Crippen molar-refractivity contribution in [1.82, 2.24) is 0 Å². The number of rotatable bonds is 3. The lowest BCUT2D eigenvalue weighted by Crippen LogP contribution is -2.19. The van der Waals surface area contributed by atoms with Crippen LogP contribution in [0.1, 0.15) is 20.8 Å². The molecule has 0 aromatic heterocycles. The smallest absolute Gasteiger partial charge is 0.310 e. The molecule has 0 aromatic rings. The molecule has 0 N–H and O–H groups in total. The van der Waals surface area contributed by atoms with Crippen LogP contribution in [-0.4, -0.2) is 12.3 Å². The minimum Gasteiger partial charge on any atom is -0.436 e. The van der Waals surface area contributed by atoms with E-state index < -0.39 is 6.29 Å². The van der Waals surface area contributed by atoms with Crippen LogP contribution in [0.15, 0.2) is 0 Å². The van der Waals surface area contributed by atoms with E-state index in [2.05, 4.69) is 9.47 Å². The molecule has 0 fully saturated rings. The number of ether oxygens (including phenoxy) is 2. The maximum Gasteiger partial charge on any atom is 0.310 e. The second kappa shape index (κ2) is 4.28. The highest BCUT2D eigenvalue weighted by Gasteiger charge is 2.11. The molecule has 0 heterocycles. The summed E-state index contributed by atoms with van der Waals surface area (Å²) in [5.74, 6) is -0.516. The average Bonchev–Trinajstić information content (AvgIpc) is 1.87. The van der Waals surface area contributed by atoms with E-state index in [0.717, 1.165) is 0 Å². The number of hydrogen-bond acceptors (Lipinski definition) is 3. The Morgan fingerprint density at radius 1 is 1.40 bits per heavy atom. The minimum absolute atomic E-state index is 0.169. The first-order chi connectivity index (χ1) is 4.57. The molecule has 0 rings (SSSR count).